The van der Waals surface area contributed by atoms with E-state index in [0.29, 0.717) is 33.0 Å². The smallest absolute Gasteiger partial charge is 0.217 e. The van der Waals surface area contributed by atoms with Gasteiger partial charge in [0.15, 0.2) is 0 Å². The highest BCUT2D eigenvalue weighted by atomic mass is 16.7. The Balaban J connectivity index is 1.49. The molecule has 6 nitrogen and oxygen atoms in total. The summed E-state index contributed by atoms with van der Waals surface area (Å²) < 4.78 is 40.1. The third kappa shape index (κ3) is 10.1. The average Bonchev–Trinajstić information content (AvgIpc) is 3.13. The van der Waals surface area contributed by atoms with Crippen molar-refractivity contribution in [2.24, 2.45) is 0 Å². The van der Waals surface area contributed by atoms with E-state index in [1.54, 1.807) is 6.08 Å². The highest BCUT2D eigenvalue weighted by Gasteiger charge is 2.56. The summed E-state index contributed by atoms with van der Waals surface area (Å²) in [5, 5.41) is 0. The third-order valence-electron chi connectivity index (χ3n) is 8.12. The number of allylic oxidation sites excluding steroid dienone is 1. The van der Waals surface area contributed by atoms with Crippen LogP contribution in [-0.4, -0.2) is 43.4 Å². The van der Waals surface area contributed by atoms with Crippen molar-refractivity contribution in [3.8, 4) is 0 Å². The summed E-state index contributed by atoms with van der Waals surface area (Å²) in [4.78, 5) is 0. The third-order valence-corrected chi connectivity index (χ3v) is 8.12. The van der Waals surface area contributed by atoms with Crippen LogP contribution in [0.4, 0.5) is 0 Å². The predicted octanol–water partition coefficient (Wildman–Crippen LogP) is 8.22. The molecule has 1 aliphatic rings. The van der Waals surface area contributed by atoms with Gasteiger partial charge in [-0.2, -0.15) is 0 Å². The number of hydrogen-bond donors (Lipinski definition) is 0. The van der Waals surface area contributed by atoms with Crippen LogP contribution in [0.5, 0.6) is 0 Å². The fourth-order valence-electron chi connectivity index (χ4n) is 5.67. The molecule has 1 fully saturated rings. The van der Waals surface area contributed by atoms with Crippen molar-refractivity contribution < 1.29 is 28.4 Å². The molecule has 5 rings (SSSR count). The van der Waals surface area contributed by atoms with Gasteiger partial charge in [-0.1, -0.05) is 134 Å². The van der Waals surface area contributed by atoms with Gasteiger partial charge in [0, 0.05) is 0 Å². The van der Waals surface area contributed by atoms with Crippen LogP contribution in [0.1, 0.15) is 35.1 Å². The minimum absolute atomic E-state index is 0.247. The molecule has 1 saturated heterocycles. The van der Waals surface area contributed by atoms with E-state index >= 15 is 0 Å². The summed E-state index contributed by atoms with van der Waals surface area (Å²) in [5.74, 6) is -1.33. The zero-order valence-electron chi connectivity index (χ0n) is 27.0. The Morgan fingerprint density at radius 3 is 1.55 bits per heavy atom. The van der Waals surface area contributed by atoms with Gasteiger partial charge in [-0.3, -0.25) is 0 Å². The van der Waals surface area contributed by atoms with Crippen LogP contribution in [0.3, 0.4) is 0 Å². The van der Waals surface area contributed by atoms with Crippen molar-refractivity contribution in [2.45, 2.75) is 69.5 Å². The number of benzene rings is 4. The van der Waals surface area contributed by atoms with Gasteiger partial charge in [0.05, 0.1) is 39.6 Å². The fraction of sp³-hybridized carbons (Fsp3) is 0.317. The van der Waals surface area contributed by atoms with E-state index in [1.165, 1.54) is 0 Å². The Labute approximate surface area is 279 Å². The second kappa shape index (κ2) is 18.5. The fourth-order valence-corrected chi connectivity index (χ4v) is 5.67. The largest absolute Gasteiger partial charge is 0.374 e. The first-order chi connectivity index (χ1) is 23.2. The Kier molecular flexibility index (Phi) is 13.5. The monoisotopic (exact) mass is 634 g/mol. The van der Waals surface area contributed by atoms with Crippen LogP contribution < -0.4 is 0 Å². The number of unbranched alkanes of at least 4 members (excludes halogenated alkanes) is 1. The second-order valence-electron chi connectivity index (χ2n) is 11.6. The number of rotatable bonds is 19. The maximum Gasteiger partial charge on any atom is 0.217 e. The number of ether oxygens (including phenoxy) is 6. The lowest BCUT2D eigenvalue weighted by Gasteiger charge is -2.51. The summed E-state index contributed by atoms with van der Waals surface area (Å²) in [5.41, 5.74) is 4.17. The lowest BCUT2D eigenvalue weighted by Crippen LogP contribution is -2.67. The first kappa shape index (κ1) is 34.5. The molecule has 4 aromatic carbocycles. The average molecular weight is 635 g/mol. The molecule has 6 heteroatoms. The standard InChI is InChI=1S/C41H46O6/c1-3-5-18-27-46-41(4-2)40(45-31-36-25-16-9-17-26-36)39(44-30-35-23-14-8-15-24-35)38(43-29-34-21-12-7-13-22-34)37(47-41)32-42-28-33-19-10-6-11-20-33/h3-4,6-17,19-26,37-40H,1-2,5,18,27-32H2/t37-,38-,39+,40-,41+/m1/s1. The van der Waals surface area contributed by atoms with Gasteiger partial charge < -0.3 is 28.4 Å². The Hall–Kier alpha value is -3.88. The first-order valence-electron chi connectivity index (χ1n) is 16.4. The molecule has 5 atom stereocenters. The first-order valence-corrected chi connectivity index (χ1v) is 16.4. The van der Waals surface area contributed by atoms with Crippen LogP contribution in [0.15, 0.2) is 147 Å². The molecule has 0 N–H and O–H groups in total. The Morgan fingerprint density at radius 1 is 0.596 bits per heavy atom. The highest BCUT2D eigenvalue weighted by Crippen LogP contribution is 2.39. The van der Waals surface area contributed by atoms with E-state index in [0.717, 1.165) is 35.1 Å². The van der Waals surface area contributed by atoms with Gasteiger partial charge in [0.2, 0.25) is 5.79 Å². The lowest BCUT2D eigenvalue weighted by atomic mass is 9.91. The maximum atomic E-state index is 6.90. The van der Waals surface area contributed by atoms with Gasteiger partial charge in [0.1, 0.15) is 24.4 Å². The van der Waals surface area contributed by atoms with E-state index < -0.39 is 30.2 Å². The van der Waals surface area contributed by atoms with Crippen LogP contribution >= 0.6 is 0 Å². The van der Waals surface area contributed by atoms with Gasteiger partial charge in [-0.15, -0.1) is 6.58 Å². The molecule has 4 aromatic rings. The van der Waals surface area contributed by atoms with Crippen LogP contribution in [0.25, 0.3) is 0 Å². The normalized spacial score (nSPS) is 22.5. The Bertz CT molecular complexity index is 1450. The molecule has 0 saturated carbocycles. The van der Waals surface area contributed by atoms with Crippen molar-refractivity contribution in [2.75, 3.05) is 13.2 Å². The summed E-state index contributed by atoms with van der Waals surface area (Å²) in [6.07, 6.45) is 2.74. The van der Waals surface area contributed by atoms with Gasteiger partial charge in [-0.05, 0) is 41.2 Å². The van der Waals surface area contributed by atoms with E-state index in [1.807, 2.05) is 127 Å². The molecular formula is C41H46O6. The molecular weight excluding hydrogens is 588 g/mol. The number of hydrogen-bond acceptors (Lipinski definition) is 6. The highest BCUT2D eigenvalue weighted by molar-refractivity contribution is 5.17. The van der Waals surface area contributed by atoms with Gasteiger partial charge in [0.25, 0.3) is 0 Å². The van der Waals surface area contributed by atoms with E-state index in [9.17, 15) is 0 Å². The molecule has 47 heavy (non-hydrogen) atoms. The summed E-state index contributed by atoms with van der Waals surface area (Å²) in [7, 11) is 0. The summed E-state index contributed by atoms with van der Waals surface area (Å²) in [6.45, 7) is 10.2. The quantitative estimate of drug-likeness (QED) is 0.0765. The lowest BCUT2D eigenvalue weighted by molar-refractivity contribution is -0.364. The van der Waals surface area contributed by atoms with E-state index in [2.05, 4.69) is 13.2 Å². The van der Waals surface area contributed by atoms with E-state index in [-0.39, 0.29) is 6.61 Å². The Morgan fingerprint density at radius 2 is 1.06 bits per heavy atom. The molecule has 0 radical (unpaired) electrons. The summed E-state index contributed by atoms with van der Waals surface area (Å²) in [6, 6.07) is 40.3. The minimum atomic E-state index is -1.33. The predicted molar refractivity (Wildman–Crippen MR) is 184 cm³/mol. The summed E-state index contributed by atoms with van der Waals surface area (Å²) >= 11 is 0. The molecule has 0 spiro atoms. The zero-order valence-corrected chi connectivity index (χ0v) is 27.0. The van der Waals surface area contributed by atoms with Crippen LogP contribution in [-0.2, 0) is 54.8 Å². The van der Waals surface area contributed by atoms with Crippen LogP contribution in [0, 0.1) is 0 Å². The van der Waals surface area contributed by atoms with Crippen molar-refractivity contribution in [1.82, 2.24) is 0 Å². The van der Waals surface area contributed by atoms with Crippen molar-refractivity contribution in [3.05, 3.63) is 169 Å². The van der Waals surface area contributed by atoms with Crippen molar-refractivity contribution in [3.63, 3.8) is 0 Å². The topological polar surface area (TPSA) is 55.4 Å². The maximum absolute atomic E-state index is 6.90. The molecule has 0 amide bonds. The minimum Gasteiger partial charge on any atom is -0.374 e. The second-order valence-corrected chi connectivity index (χ2v) is 11.6. The van der Waals surface area contributed by atoms with Crippen LogP contribution in [0.2, 0.25) is 0 Å². The van der Waals surface area contributed by atoms with E-state index in [4.69, 9.17) is 28.4 Å². The molecule has 0 aromatic heterocycles. The molecule has 1 aliphatic heterocycles. The SMILES string of the molecule is C=CCCCO[C@@]1(C=C)O[C@H](COCc2ccccc2)[C@@H](OCc2ccccc2)[C@H](OCc2ccccc2)[C@H]1OCc1ccccc1. The van der Waals surface area contributed by atoms with Gasteiger partial charge >= 0.3 is 0 Å². The molecule has 0 bridgehead atoms. The zero-order chi connectivity index (χ0) is 32.6. The molecule has 0 aliphatic carbocycles. The molecule has 246 valence electrons. The van der Waals surface area contributed by atoms with Crippen molar-refractivity contribution >= 4 is 0 Å². The van der Waals surface area contributed by atoms with Crippen molar-refractivity contribution in [1.29, 1.82) is 0 Å². The molecule has 0 unspecified atom stereocenters. The molecule has 1 heterocycles. The van der Waals surface area contributed by atoms with Gasteiger partial charge in [-0.25, -0.2) is 0 Å².